The van der Waals surface area contributed by atoms with Crippen molar-refractivity contribution < 1.29 is 14.3 Å². The van der Waals surface area contributed by atoms with Gasteiger partial charge in [0.05, 0.1) is 12.7 Å². The van der Waals surface area contributed by atoms with Gasteiger partial charge in [-0.15, -0.1) is 11.3 Å². The van der Waals surface area contributed by atoms with Crippen molar-refractivity contribution in [3.63, 3.8) is 0 Å². The monoisotopic (exact) mass is 386 g/mol. The van der Waals surface area contributed by atoms with Gasteiger partial charge in [-0.2, -0.15) is 0 Å². The molecule has 2 aromatic rings. The summed E-state index contributed by atoms with van der Waals surface area (Å²) < 4.78 is 4.71. The van der Waals surface area contributed by atoms with Gasteiger partial charge in [0.15, 0.2) is 0 Å². The van der Waals surface area contributed by atoms with Gasteiger partial charge in [0.25, 0.3) is 0 Å². The first-order valence-corrected chi connectivity index (χ1v) is 10.2. The van der Waals surface area contributed by atoms with Crippen LogP contribution in [0, 0.1) is 0 Å². The number of amides is 1. The van der Waals surface area contributed by atoms with Crippen LogP contribution in [0.2, 0.25) is 0 Å². The van der Waals surface area contributed by atoms with Gasteiger partial charge in [0, 0.05) is 30.4 Å². The van der Waals surface area contributed by atoms with E-state index in [0.717, 1.165) is 44.5 Å². The van der Waals surface area contributed by atoms with Crippen molar-refractivity contribution in [3.8, 4) is 0 Å². The molecule has 0 bridgehead atoms. The van der Waals surface area contributed by atoms with Crippen LogP contribution in [0.5, 0.6) is 0 Å². The zero-order valence-electron chi connectivity index (χ0n) is 15.6. The SMILES string of the molecule is COC(=O)c1ccc(CNCC[C@@H]2CCC(=O)N2CCc2cccs2)cc1. The predicted octanol–water partition coefficient (Wildman–Crippen LogP) is 3.25. The number of hydrogen-bond acceptors (Lipinski definition) is 5. The van der Waals surface area contributed by atoms with Crippen molar-refractivity contribution in [2.24, 2.45) is 0 Å². The fourth-order valence-electron chi connectivity index (χ4n) is 3.46. The van der Waals surface area contributed by atoms with Gasteiger partial charge in [-0.3, -0.25) is 4.79 Å². The van der Waals surface area contributed by atoms with Crippen molar-refractivity contribution in [2.75, 3.05) is 20.2 Å². The molecule has 0 unspecified atom stereocenters. The van der Waals surface area contributed by atoms with Crippen molar-refractivity contribution in [3.05, 3.63) is 57.8 Å². The van der Waals surface area contributed by atoms with Gasteiger partial charge in [0.2, 0.25) is 5.91 Å². The summed E-state index contributed by atoms with van der Waals surface area (Å²) in [5, 5.41) is 5.53. The summed E-state index contributed by atoms with van der Waals surface area (Å²) >= 11 is 1.75. The first kappa shape index (κ1) is 19.6. The predicted molar refractivity (Wildman–Crippen MR) is 107 cm³/mol. The Kier molecular flexibility index (Phi) is 7.01. The smallest absolute Gasteiger partial charge is 0.337 e. The number of ether oxygens (including phenoxy) is 1. The molecule has 1 aromatic carbocycles. The molecule has 1 amide bonds. The van der Waals surface area contributed by atoms with Crippen LogP contribution in [0.15, 0.2) is 41.8 Å². The van der Waals surface area contributed by atoms with E-state index in [1.54, 1.807) is 23.5 Å². The van der Waals surface area contributed by atoms with Gasteiger partial charge in [-0.05, 0) is 54.9 Å². The maximum atomic E-state index is 12.2. The second kappa shape index (κ2) is 9.67. The van der Waals surface area contributed by atoms with Crippen LogP contribution in [0.1, 0.15) is 40.1 Å². The quantitative estimate of drug-likeness (QED) is 0.531. The second-order valence-electron chi connectivity index (χ2n) is 6.76. The Bertz CT molecular complexity index is 743. The van der Waals surface area contributed by atoms with Gasteiger partial charge < -0.3 is 15.0 Å². The molecule has 3 rings (SSSR count). The van der Waals surface area contributed by atoms with E-state index < -0.39 is 0 Å². The Morgan fingerprint density at radius 3 is 2.81 bits per heavy atom. The molecule has 0 radical (unpaired) electrons. The minimum Gasteiger partial charge on any atom is -0.465 e. The Hall–Kier alpha value is -2.18. The number of nitrogens with one attached hydrogen (secondary N) is 1. The van der Waals surface area contributed by atoms with E-state index in [1.165, 1.54) is 12.0 Å². The number of rotatable bonds is 9. The number of thiophene rings is 1. The van der Waals surface area contributed by atoms with Gasteiger partial charge in [-0.1, -0.05) is 18.2 Å². The first-order valence-electron chi connectivity index (χ1n) is 9.37. The van der Waals surface area contributed by atoms with Crippen LogP contribution in [-0.4, -0.2) is 43.0 Å². The van der Waals surface area contributed by atoms with Crippen LogP contribution in [-0.2, 0) is 22.5 Å². The number of carbonyl (C=O) groups is 2. The molecule has 1 fully saturated rings. The maximum absolute atomic E-state index is 12.2. The van der Waals surface area contributed by atoms with E-state index in [0.29, 0.717) is 18.0 Å². The average molecular weight is 387 g/mol. The maximum Gasteiger partial charge on any atom is 0.337 e. The minimum absolute atomic E-state index is 0.287. The van der Waals surface area contributed by atoms with E-state index in [9.17, 15) is 9.59 Å². The molecule has 0 aliphatic carbocycles. The van der Waals surface area contributed by atoms with Gasteiger partial charge >= 0.3 is 5.97 Å². The Balaban J connectivity index is 1.41. The zero-order valence-corrected chi connectivity index (χ0v) is 16.5. The second-order valence-corrected chi connectivity index (χ2v) is 7.80. The molecule has 2 heterocycles. The highest BCUT2D eigenvalue weighted by molar-refractivity contribution is 7.09. The molecular weight excluding hydrogens is 360 g/mol. The number of likely N-dealkylation sites (tertiary alicyclic amines) is 1. The number of esters is 1. The fourth-order valence-corrected chi connectivity index (χ4v) is 4.16. The molecule has 1 saturated heterocycles. The lowest BCUT2D eigenvalue weighted by Crippen LogP contribution is -2.36. The Morgan fingerprint density at radius 1 is 1.30 bits per heavy atom. The number of hydrogen-bond donors (Lipinski definition) is 1. The number of nitrogens with zero attached hydrogens (tertiary/aromatic N) is 1. The third kappa shape index (κ3) is 5.40. The highest BCUT2D eigenvalue weighted by Gasteiger charge is 2.29. The van der Waals surface area contributed by atoms with Crippen LogP contribution >= 0.6 is 11.3 Å². The summed E-state index contributed by atoms with van der Waals surface area (Å²) in [7, 11) is 1.38. The van der Waals surface area contributed by atoms with Crippen LogP contribution in [0.4, 0.5) is 0 Å². The lowest BCUT2D eigenvalue weighted by molar-refractivity contribution is -0.129. The Labute approximate surface area is 164 Å². The standard InChI is InChI=1S/C21H26N2O3S/c1-26-21(25)17-6-4-16(5-7-17)15-22-12-10-18-8-9-20(24)23(18)13-11-19-3-2-14-27-19/h2-7,14,18,22H,8-13,15H2,1H3/t18-/m0/s1. The normalized spacial score (nSPS) is 16.7. The molecule has 0 spiro atoms. The number of carbonyl (C=O) groups excluding carboxylic acids is 2. The highest BCUT2D eigenvalue weighted by Crippen LogP contribution is 2.22. The van der Waals surface area contributed by atoms with Gasteiger partial charge in [-0.25, -0.2) is 4.79 Å². The fraction of sp³-hybridized carbons (Fsp3) is 0.429. The van der Waals surface area contributed by atoms with E-state index in [-0.39, 0.29) is 11.9 Å². The topological polar surface area (TPSA) is 58.6 Å². The largest absolute Gasteiger partial charge is 0.465 e. The van der Waals surface area contributed by atoms with E-state index >= 15 is 0 Å². The minimum atomic E-state index is -0.317. The van der Waals surface area contributed by atoms with Crippen molar-refractivity contribution in [1.82, 2.24) is 10.2 Å². The van der Waals surface area contributed by atoms with Crippen LogP contribution in [0.25, 0.3) is 0 Å². The highest BCUT2D eigenvalue weighted by atomic mass is 32.1. The molecule has 1 atom stereocenters. The molecule has 1 aromatic heterocycles. The van der Waals surface area contributed by atoms with Crippen LogP contribution < -0.4 is 5.32 Å². The summed E-state index contributed by atoms with van der Waals surface area (Å²) in [6.07, 6.45) is 3.54. The molecule has 27 heavy (non-hydrogen) atoms. The molecule has 1 aliphatic rings. The van der Waals surface area contributed by atoms with Crippen molar-refractivity contribution in [2.45, 2.75) is 38.3 Å². The summed E-state index contributed by atoms with van der Waals surface area (Å²) in [5.41, 5.74) is 1.69. The van der Waals surface area contributed by atoms with Crippen molar-refractivity contribution in [1.29, 1.82) is 0 Å². The molecule has 6 heteroatoms. The lowest BCUT2D eigenvalue weighted by Gasteiger charge is -2.25. The summed E-state index contributed by atoms with van der Waals surface area (Å²) in [6.45, 7) is 2.43. The average Bonchev–Trinajstić information content (AvgIpc) is 3.33. The third-order valence-corrected chi connectivity index (χ3v) is 5.93. The third-order valence-electron chi connectivity index (χ3n) is 4.99. The van der Waals surface area contributed by atoms with Crippen molar-refractivity contribution >= 4 is 23.2 Å². The van der Waals surface area contributed by atoms with E-state index in [2.05, 4.69) is 27.7 Å². The number of benzene rings is 1. The first-order chi connectivity index (χ1) is 13.2. The van der Waals surface area contributed by atoms with E-state index in [1.807, 2.05) is 12.1 Å². The Morgan fingerprint density at radius 2 is 2.11 bits per heavy atom. The molecule has 5 nitrogen and oxygen atoms in total. The lowest BCUT2D eigenvalue weighted by atomic mass is 10.1. The molecule has 144 valence electrons. The van der Waals surface area contributed by atoms with Crippen LogP contribution in [0.3, 0.4) is 0 Å². The van der Waals surface area contributed by atoms with Gasteiger partial charge in [0.1, 0.15) is 0 Å². The summed E-state index contributed by atoms with van der Waals surface area (Å²) in [6, 6.07) is 12.0. The number of methoxy groups -OCH3 is 1. The zero-order chi connectivity index (χ0) is 19.1. The summed E-state index contributed by atoms with van der Waals surface area (Å²) in [4.78, 5) is 27.0. The molecule has 1 N–H and O–H groups in total. The molecule has 1 aliphatic heterocycles. The molecular formula is C21H26N2O3S. The molecule has 0 saturated carbocycles. The summed E-state index contributed by atoms with van der Waals surface area (Å²) in [5.74, 6) is -0.0296. The van der Waals surface area contributed by atoms with E-state index in [4.69, 9.17) is 4.74 Å².